The first-order chi connectivity index (χ1) is 5.97. The maximum Gasteiger partial charge on any atom is -0.00315 e. The molecule has 12 heavy (non-hydrogen) atoms. The van der Waals surface area contributed by atoms with Crippen LogP contribution in [0.25, 0.3) is 0 Å². The molecule has 0 aliphatic heterocycles. The van der Waals surface area contributed by atoms with Crippen LogP contribution in [-0.4, -0.2) is 0 Å². The summed E-state index contributed by atoms with van der Waals surface area (Å²) in [5, 5.41) is 0. The van der Waals surface area contributed by atoms with Crippen LogP contribution in [0.1, 0.15) is 32.1 Å². The molecular weight excluding hydrogens is 144 g/mol. The molecule has 0 aromatic heterocycles. The van der Waals surface area contributed by atoms with Crippen molar-refractivity contribution in [3.63, 3.8) is 0 Å². The van der Waals surface area contributed by atoms with E-state index in [1.54, 1.807) is 0 Å². The van der Waals surface area contributed by atoms with Crippen LogP contribution >= 0.6 is 0 Å². The van der Waals surface area contributed by atoms with Gasteiger partial charge in [-0.2, -0.15) is 0 Å². The number of hydrogen-bond donors (Lipinski definition) is 0. The lowest BCUT2D eigenvalue weighted by molar-refractivity contribution is 0.803. The SMILES string of the molecule is C1=CCCCC=1C1=CC=CCC1. The Morgan fingerprint density at radius 2 is 2.17 bits per heavy atom. The van der Waals surface area contributed by atoms with E-state index in [9.17, 15) is 0 Å². The smallest absolute Gasteiger partial charge is 0.00315 e. The van der Waals surface area contributed by atoms with Crippen LogP contribution in [0.5, 0.6) is 0 Å². The predicted molar refractivity (Wildman–Crippen MR) is 51.9 cm³/mol. The highest BCUT2D eigenvalue weighted by Gasteiger charge is 2.07. The highest BCUT2D eigenvalue weighted by molar-refractivity contribution is 5.36. The third-order valence-electron chi connectivity index (χ3n) is 2.45. The molecule has 0 aromatic rings. The molecule has 0 radical (unpaired) electrons. The van der Waals surface area contributed by atoms with Crippen molar-refractivity contribution < 1.29 is 0 Å². The Hall–Kier alpha value is -1.00. The first kappa shape index (κ1) is 7.64. The molecule has 0 atom stereocenters. The minimum atomic E-state index is 1.21. The van der Waals surface area contributed by atoms with Gasteiger partial charge < -0.3 is 0 Å². The Kier molecular flexibility index (Phi) is 2.29. The van der Waals surface area contributed by atoms with Gasteiger partial charge in [0.1, 0.15) is 0 Å². The van der Waals surface area contributed by atoms with Crippen molar-refractivity contribution in [2.24, 2.45) is 0 Å². The molecular formula is C12H14. The second-order valence-corrected chi connectivity index (χ2v) is 3.38. The van der Waals surface area contributed by atoms with Crippen LogP contribution in [-0.2, 0) is 0 Å². The summed E-state index contributed by atoms with van der Waals surface area (Å²) >= 11 is 0. The zero-order valence-corrected chi connectivity index (χ0v) is 7.34. The first-order valence-electron chi connectivity index (χ1n) is 4.77. The molecule has 0 spiro atoms. The standard InChI is InChI=1S/C12H14/c1-3-7-11(8-4-1)12-9-5-2-6-10-12/h1,3,5,7H,2,4,6,8,10H2. The van der Waals surface area contributed by atoms with Crippen LogP contribution in [0.4, 0.5) is 0 Å². The van der Waals surface area contributed by atoms with Gasteiger partial charge in [-0.05, 0) is 49.3 Å². The molecule has 0 nitrogen and oxygen atoms in total. The van der Waals surface area contributed by atoms with Gasteiger partial charge in [-0.15, -0.1) is 5.73 Å². The van der Waals surface area contributed by atoms with Crippen molar-refractivity contribution in [3.05, 3.63) is 41.2 Å². The molecule has 0 N–H and O–H groups in total. The molecule has 2 aliphatic rings. The zero-order chi connectivity index (χ0) is 8.23. The minimum absolute atomic E-state index is 1.21. The van der Waals surface area contributed by atoms with Crippen LogP contribution in [0.2, 0.25) is 0 Å². The number of rotatable bonds is 1. The third kappa shape index (κ3) is 1.60. The minimum Gasteiger partial charge on any atom is -0.121 e. The summed E-state index contributed by atoms with van der Waals surface area (Å²) in [6.07, 6.45) is 15.0. The van der Waals surface area contributed by atoms with Crippen molar-refractivity contribution in [2.75, 3.05) is 0 Å². The maximum atomic E-state index is 3.38. The zero-order valence-electron chi connectivity index (χ0n) is 7.34. The van der Waals surface area contributed by atoms with E-state index in [4.69, 9.17) is 0 Å². The summed E-state index contributed by atoms with van der Waals surface area (Å²) in [6.45, 7) is 0. The van der Waals surface area contributed by atoms with E-state index < -0.39 is 0 Å². The van der Waals surface area contributed by atoms with Gasteiger partial charge in [0.15, 0.2) is 0 Å². The molecule has 0 bridgehead atoms. The van der Waals surface area contributed by atoms with Crippen molar-refractivity contribution in [3.8, 4) is 0 Å². The fourth-order valence-electron chi connectivity index (χ4n) is 1.76. The topological polar surface area (TPSA) is 0 Å². The average Bonchev–Trinajstić information content (AvgIpc) is 2.21. The van der Waals surface area contributed by atoms with Crippen LogP contribution in [0.15, 0.2) is 41.2 Å². The number of hydrogen-bond acceptors (Lipinski definition) is 0. The lowest BCUT2D eigenvalue weighted by Gasteiger charge is -2.12. The highest BCUT2D eigenvalue weighted by atomic mass is 14.1. The van der Waals surface area contributed by atoms with Gasteiger partial charge in [-0.1, -0.05) is 18.2 Å². The van der Waals surface area contributed by atoms with Gasteiger partial charge in [-0.3, -0.25) is 0 Å². The molecule has 0 saturated heterocycles. The van der Waals surface area contributed by atoms with E-state index in [2.05, 4.69) is 30.0 Å². The molecule has 2 aliphatic carbocycles. The molecule has 0 heterocycles. The maximum absolute atomic E-state index is 3.38. The highest BCUT2D eigenvalue weighted by Crippen LogP contribution is 2.25. The van der Waals surface area contributed by atoms with Gasteiger partial charge in [0.25, 0.3) is 0 Å². The van der Waals surface area contributed by atoms with Gasteiger partial charge in [-0.25, -0.2) is 0 Å². The van der Waals surface area contributed by atoms with E-state index in [0.29, 0.717) is 0 Å². The Balaban J connectivity index is 2.22. The lowest BCUT2D eigenvalue weighted by atomic mass is 9.92. The van der Waals surface area contributed by atoms with Gasteiger partial charge in [0.05, 0.1) is 0 Å². The van der Waals surface area contributed by atoms with Crippen molar-refractivity contribution in [2.45, 2.75) is 32.1 Å². The molecule has 2 rings (SSSR count). The van der Waals surface area contributed by atoms with Gasteiger partial charge >= 0.3 is 0 Å². The van der Waals surface area contributed by atoms with E-state index in [-0.39, 0.29) is 0 Å². The summed E-state index contributed by atoms with van der Waals surface area (Å²) < 4.78 is 0. The fraction of sp³-hybridized carbons (Fsp3) is 0.417. The summed E-state index contributed by atoms with van der Waals surface area (Å²) in [6, 6.07) is 0. The van der Waals surface area contributed by atoms with Crippen molar-refractivity contribution in [1.82, 2.24) is 0 Å². The van der Waals surface area contributed by atoms with E-state index >= 15 is 0 Å². The summed E-state index contributed by atoms with van der Waals surface area (Å²) in [7, 11) is 0. The second kappa shape index (κ2) is 3.60. The third-order valence-corrected chi connectivity index (χ3v) is 2.45. The van der Waals surface area contributed by atoms with Gasteiger partial charge in [0, 0.05) is 0 Å². The average molecular weight is 158 g/mol. The van der Waals surface area contributed by atoms with E-state index in [1.165, 1.54) is 43.3 Å². The normalized spacial score (nSPS) is 22.0. The van der Waals surface area contributed by atoms with Crippen LogP contribution in [0, 0.1) is 0 Å². The molecule has 0 saturated carbocycles. The fourth-order valence-corrected chi connectivity index (χ4v) is 1.76. The monoisotopic (exact) mass is 158 g/mol. The lowest BCUT2D eigenvalue weighted by Crippen LogP contribution is -1.94. The molecule has 0 heteroatoms. The molecule has 0 aromatic carbocycles. The predicted octanol–water partition coefficient (Wildman–Crippen LogP) is 3.53. The van der Waals surface area contributed by atoms with E-state index in [0.717, 1.165) is 0 Å². The molecule has 62 valence electrons. The molecule has 0 fully saturated rings. The quantitative estimate of drug-likeness (QED) is 0.512. The Bertz CT molecular complexity index is 283. The van der Waals surface area contributed by atoms with Crippen molar-refractivity contribution in [1.29, 1.82) is 0 Å². The Morgan fingerprint density at radius 3 is 2.83 bits per heavy atom. The van der Waals surface area contributed by atoms with Crippen LogP contribution < -0.4 is 0 Å². The summed E-state index contributed by atoms with van der Waals surface area (Å²) in [5.74, 6) is 0. The largest absolute Gasteiger partial charge is 0.121 e. The Morgan fingerprint density at radius 1 is 1.17 bits per heavy atom. The number of allylic oxidation sites excluding steroid dienone is 5. The second-order valence-electron chi connectivity index (χ2n) is 3.38. The van der Waals surface area contributed by atoms with Crippen LogP contribution in [0.3, 0.4) is 0 Å². The molecule has 0 amide bonds. The summed E-state index contributed by atoms with van der Waals surface area (Å²) in [4.78, 5) is 0. The summed E-state index contributed by atoms with van der Waals surface area (Å²) in [5.41, 5.74) is 6.34. The van der Waals surface area contributed by atoms with Gasteiger partial charge in [0.2, 0.25) is 0 Å². The van der Waals surface area contributed by atoms with Crippen molar-refractivity contribution >= 4 is 0 Å². The first-order valence-corrected chi connectivity index (χ1v) is 4.77. The van der Waals surface area contributed by atoms with E-state index in [1.807, 2.05) is 0 Å². The molecule has 0 unspecified atom stereocenters. The Labute approximate surface area is 74.0 Å².